The Balaban J connectivity index is 4.07. The van der Waals surface area contributed by atoms with E-state index in [2.05, 4.69) is 22.7 Å². The number of thioether (sulfide) groups is 1. The fourth-order valence-electron chi connectivity index (χ4n) is 1.17. The highest BCUT2D eigenvalue weighted by atomic mass is 32.2. The number of amides is 1. The lowest BCUT2D eigenvalue weighted by Gasteiger charge is -2.19. The molecule has 0 aliphatic heterocycles. The van der Waals surface area contributed by atoms with E-state index in [1.807, 2.05) is 25.3 Å². The molecular formula is C12H21NO3S2. The van der Waals surface area contributed by atoms with Crippen LogP contribution in [-0.2, 0) is 14.3 Å². The van der Waals surface area contributed by atoms with Crippen LogP contribution in [0.1, 0.15) is 20.3 Å². The predicted molar refractivity (Wildman–Crippen MR) is 78.9 cm³/mol. The van der Waals surface area contributed by atoms with Crippen molar-refractivity contribution >= 4 is 36.3 Å². The Bertz CT molecular complexity index is 293. The summed E-state index contributed by atoms with van der Waals surface area (Å²) in [4.78, 5) is 23.1. The molecule has 0 spiro atoms. The summed E-state index contributed by atoms with van der Waals surface area (Å²) in [6.45, 7) is 3.73. The van der Waals surface area contributed by atoms with Crippen molar-refractivity contribution in [2.45, 2.75) is 26.3 Å². The molecule has 0 aromatic rings. The van der Waals surface area contributed by atoms with Crippen LogP contribution in [0.2, 0.25) is 0 Å². The number of allylic oxidation sites excluding steroid dienone is 1. The van der Waals surface area contributed by atoms with Gasteiger partial charge in [0.1, 0.15) is 6.04 Å². The van der Waals surface area contributed by atoms with Gasteiger partial charge in [-0.15, -0.1) is 11.8 Å². The third-order valence-electron chi connectivity index (χ3n) is 2.14. The third kappa shape index (κ3) is 7.66. The van der Waals surface area contributed by atoms with Crippen LogP contribution in [0, 0.1) is 5.92 Å². The van der Waals surface area contributed by atoms with Crippen LogP contribution in [0.4, 0.5) is 0 Å². The minimum atomic E-state index is -0.579. The number of rotatable bonds is 8. The van der Waals surface area contributed by atoms with Crippen LogP contribution < -0.4 is 5.32 Å². The molecule has 6 heteroatoms. The maximum Gasteiger partial charge on any atom is 0.328 e. The standard InChI is InChI=1S/C12H21NO3S2/c1-9(2)11(12(15)16-3)13-10(14)8-18-7-5-4-6-17/h5,7,9,11,17H,4,6,8H2,1-3H3,(H,13,14)/b7-5+/t11-/m0/s1. The van der Waals surface area contributed by atoms with E-state index in [1.165, 1.54) is 18.9 Å². The molecular weight excluding hydrogens is 270 g/mol. The first-order chi connectivity index (χ1) is 8.52. The van der Waals surface area contributed by atoms with E-state index >= 15 is 0 Å². The molecule has 1 N–H and O–H groups in total. The van der Waals surface area contributed by atoms with E-state index in [0.29, 0.717) is 5.75 Å². The molecule has 4 nitrogen and oxygen atoms in total. The Kier molecular flexibility index (Phi) is 9.96. The van der Waals surface area contributed by atoms with Gasteiger partial charge in [0.2, 0.25) is 5.91 Å². The summed E-state index contributed by atoms with van der Waals surface area (Å²) in [5.41, 5.74) is 0. The van der Waals surface area contributed by atoms with E-state index in [0.717, 1.165) is 12.2 Å². The second-order valence-corrected chi connectivity index (χ2v) is 5.35. The minimum absolute atomic E-state index is 0.00567. The number of hydrogen-bond donors (Lipinski definition) is 2. The van der Waals surface area contributed by atoms with Gasteiger partial charge in [-0.2, -0.15) is 12.6 Å². The van der Waals surface area contributed by atoms with Crippen LogP contribution in [0.5, 0.6) is 0 Å². The van der Waals surface area contributed by atoms with Gasteiger partial charge in [0.05, 0.1) is 12.9 Å². The van der Waals surface area contributed by atoms with Crippen molar-refractivity contribution in [3.8, 4) is 0 Å². The van der Waals surface area contributed by atoms with Gasteiger partial charge in [0, 0.05) is 0 Å². The van der Waals surface area contributed by atoms with Crippen molar-refractivity contribution in [2.24, 2.45) is 5.92 Å². The Hall–Kier alpha value is -0.620. The van der Waals surface area contributed by atoms with E-state index in [1.54, 1.807) is 0 Å². The van der Waals surface area contributed by atoms with Crippen molar-refractivity contribution in [1.29, 1.82) is 0 Å². The average molecular weight is 291 g/mol. The second-order valence-electron chi connectivity index (χ2n) is 4.01. The van der Waals surface area contributed by atoms with Crippen LogP contribution in [0.25, 0.3) is 0 Å². The molecule has 0 saturated carbocycles. The van der Waals surface area contributed by atoms with Gasteiger partial charge in [-0.05, 0) is 23.5 Å². The monoisotopic (exact) mass is 291 g/mol. The van der Waals surface area contributed by atoms with Crippen molar-refractivity contribution in [3.05, 3.63) is 11.5 Å². The van der Waals surface area contributed by atoms with Gasteiger partial charge in [0.25, 0.3) is 0 Å². The molecule has 0 aromatic heterocycles. The summed E-state index contributed by atoms with van der Waals surface area (Å²) < 4.78 is 4.65. The summed E-state index contributed by atoms with van der Waals surface area (Å²) in [7, 11) is 1.32. The zero-order chi connectivity index (χ0) is 14.0. The smallest absolute Gasteiger partial charge is 0.328 e. The first kappa shape index (κ1) is 17.4. The summed E-state index contributed by atoms with van der Waals surface area (Å²) in [6.07, 6.45) is 2.85. The molecule has 18 heavy (non-hydrogen) atoms. The second kappa shape index (κ2) is 10.3. The van der Waals surface area contributed by atoms with Gasteiger partial charge >= 0.3 is 5.97 Å². The number of esters is 1. The molecule has 0 saturated heterocycles. The normalized spacial score (nSPS) is 12.7. The molecule has 1 amide bonds. The number of hydrogen-bond acceptors (Lipinski definition) is 5. The van der Waals surface area contributed by atoms with E-state index in [4.69, 9.17) is 0 Å². The number of carbonyl (C=O) groups is 2. The Morgan fingerprint density at radius 3 is 2.61 bits per heavy atom. The quantitative estimate of drug-likeness (QED) is 0.529. The van der Waals surface area contributed by atoms with Crippen molar-refractivity contribution < 1.29 is 14.3 Å². The highest BCUT2D eigenvalue weighted by Gasteiger charge is 2.24. The minimum Gasteiger partial charge on any atom is -0.467 e. The van der Waals surface area contributed by atoms with Crippen LogP contribution in [0.15, 0.2) is 11.5 Å². The predicted octanol–water partition coefficient (Wildman–Crippen LogP) is 1.87. The zero-order valence-corrected chi connectivity index (χ0v) is 12.7. The van der Waals surface area contributed by atoms with Crippen molar-refractivity contribution in [3.63, 3.8) is 0 Å². The molecule has 0 heterocycles. The van der Waals surface area contributed by atoms with Gasteiger partial charge in [-0.25, -0.2) is 4.79 Å². The van der Waals surface area contributed by atoms with Crippen LogP contribution >= 0.6 is 24.4 Å². The molecule has 1 atom stereocenters. The Morgan fingerprint density at radius 2 is 2.11 bits per heavy atom. The lowest BCUT2D eigenvalue weighted by molar-refractivity contribution is -0.146. The zero-order valence-electron chi connectivity index (χ0n) is 11.0. The summed E-state index contributed by atoms with van der Waals surface area (Å²) in [5.74, 6) is 0.518. The lowest BCUT2D eigenvalue weighted by Crippen LogP contribution is -2.45. The molecule has 0 rings (SSSR count). The molecule has 104 valence electrons. The molecule has 0 bridgehead atoms. The largest absolute Gasteiger partial charge is 0.467 e. The highest BCUT2D eigenvalue weighted by Crippen LogP contribution is 2.06. The average Bonchev–Trinajstić information content (AvgIpc) is 2.34. The molecule has 0 aliphatic carbocycles. The van der Waals surface area contributed by atoms with E-state index < -0.39 is 12.0 Å². The van der Waals surface area contributed by atoms with Crippen LogP contribution in [0.3, 0.4) is 0 Å². The number of nitrogens with one attached hydrogen (secondary N) is 1. The summed E-state index contributed by atoms with van der Waals surface area (Å²) in [5, 5.41) is 4.55. The SMILES string of the molecule is COC(=O)[C@@H](NC(=O)CS/C=C/CCS)C(C)C. The number of thiol groups is 1. The first-order valence-electron chi connectivity index (χ1n) is 5.77. The maximum atomic E-state index is 11.6. The van der Waals surface area contributed by atoms with E-state index in [9.17, 15) is 9.59 Å². The Labute approximate surface area is 118 Å². The third-order valence-corrected chi connectivity index (χ3v) is 3.21. The fraction of sp³-hybridized carbons (Fsp3) is 0.667. The van der Waals surface area contributed by atoms with Crippen LogP contribution in [-0.4, -0.2) is 36.5 Å². The lowest BCUT2D eigenvalue weighted by atomic mass is 10.1. The molecule has 0 fully saturated rings. The summed E-state index contributed by atoms with van der Waals surface area (Å²) >= 11 is 5.47. The van der Waals surface area contributed by atoms with E-state index in [-0.39, 0.29) is 11.8 Å². The molecule has 0 aliphatic rings. The van der Waals surface area contributed by atoms with Gasteiger partial charge in [0.15, 0.2) is 0 Å². The maximum absolute atomic E-state index is 11.6. The fourth-order valence-corrected chi connectivity index (χ4v) is 1.93. The van der Waals surface area contributed by atoms with Crippen molar-refractivity contribution in [2.75, 3.05) is 18.6 Å². The van der Waals surface area contributed by atoms with Gasteiger partial charge < -0.3 is 10.1 Å². The number of carbonyl (C=O) groups excluding carboxylic acids is 2. The highest BCUT2D eigenvalue weighted by molar-refractivity contribution is 8.02. The molecule has 0 radical (unpaired) electrons. The molecule has 0 unspecified atom stereocenters. The summed E-state index contributed by atoms with van der Waals surface area (Å²) in [6, 6.07) is -0.579. The molecule has 0 aromatic carbocycles. The first-order valence-corrected chi connectivity index (χ1v) is 7.45. The van der Waals surface area contributed by atoms with Gasteiger partial charge in [-0.3, -0.25) is 4.79 Å². The number of methoxy groups -OCH3 is 1. The Morgan fingerprint density at radius 1 is 1.44 bits per heavy atom. The van der Waals surface area contributed by atoms with Gasteiger partial charge in [-0.1, -0.05) is 19.9 Å². The van der Waals surface area contributed by atoms with Crippen molar-refractivity contribution in [1.82, 2.24) is 5.32 Å². The topological polar surface area (TPSA) is 55.4 Å². The number of ether oxygens (including phenoxy) is 1.